The number of nitrogens with zero attached hydrogens (tertiary/aromatic N) is 2. The van der Waals surface area contributed by atoms with Crippen molar-refractivity contribution in [1.82, 2.24) is 9.13 Å². The van der Waals surface area contributed by atoms with Gasteiger partial charge in [0, 0.05) is 19.8 Å². The van der Waals surface area contributed by atoms with Crippen LogP contribution in [0.25, 0.3) is 11.1 Å². The number of rotatable bonds is 5. The number of ether oxygens (including phenoxy) is 1. The molecule has 0 aliphatic heterocycles. The number of carbonyl (C=O) groups excluding carboxylic acids is 2. The predicted molar refractivity (Wildman–Crippen MR) is 115 cm³/mol. The molecule has 1 heterocycles. The lowest BCUT2D eigenvalue weighted by atomic mass is 9.83. The number of carbonyl (C=O) groups is 2. The van der Waals surface area contributed by atoms with Crippen molar-refractivity contribution < 1.29 is 19.2 Å². The van der Waals surface area contributed by atoms with Gasteiger partial charge in [-0.1, -0.05) is 24.3 Å². The summed E-state index contributed by atoms with van der Waals surface area (Å²) >= 11 is 0. The maximum Gasteiger partial charge on any atom is 0.341 e. The summed E-state index contributed by atoms with van der Waals surface area (Å²) in [5, 5.41) is 0. The van der Waals surface area contributed by atoms with Gasteiger partial charge in [-0.15, -0.1) is 0 Å². The maximum absolute atomic E-state index is 12.7. The molecule has 168 valence electrons. The Balaban J connectivity index is 2.45. The van der Waals surface area contributed by atoms with E-state index in [2.05, 4.69) is 4.84 Å². The van der Waals surface area contributed by atoms with Gasteiger partial charge in [0.2, 0.25) is 0 Å². The quantitative estimate of drug-likeness (QED) is 0.431. The average molecular weight is 431 g/mol. The highest BCUT2D eigenvalue weighted by atomic mass is 16.7. The second-order valence-electron chi connectivity index (χ2n) is 8.78. The highest BCUT2D eigenvalue weighted by Gasteiger charge is 2.46. The smallest absolute Gasteiger partial charge is 0.341 e. The van der Waals surface area contributed by atoms with Gasteiger partial charge < -0.3 is 14.1 Å². The first kappa shape index (κ1) is 24.1. The minimum absolute atomic E-state index is 0.0114. The fraction of sp³-hybridized carbons (Fsp3) is 0.455. The third-order valence-corrected chi connectivity index (χ3v) is 5.16. The number of aromatic nitrogens is 2. The van der Waals surface area contributed by atoms with Crippen LogP contribution in [-0.2, 0) is 39.7 Å². The van der Waals surface area contributed by atoms with Crippen molar-refractivity contribution in [3.63, 3.8) is 0 Å². The van der Waals surface area contributed by atoms with Crippen LogP contribution in [0.3, 0.4) is 0 Å². The van der Waals surface area contributed by atoms with Crippen molar-refractivity contribution in [1.29, 1.82) is 0 Å². The van der Waals surface area contributed by atoms with E-state index in [1.54, 1.807) is 59.0 Å². The zero-order chi connectivity index (χ0) is 23.7. The monoisotopic (exact) mass is 431 g/mol. The highest BCUT2D eigenvalue weighted by Crippen LogP contribution is 2.29. The summed E-state index contributed by atoms with van der Waals surface area (Å²) in [7, 11) is 3.02. The molecule has 2 aromatic rings. The molecule has 0 aliphatic carbocycles. The number of nitrogens with two attached hydrogens (primary N) is 1. The van der Waals surface area contributed by atoms with Gasteiger partial charge >= 0.3 is 17.6 Å². The predicted octanol–water partition coefficient (Wildman–Crippen LogP) is 1.37. The number of hydrogen-bond acceptors (Lipinski definition) is 7. The lowest BCUT2D eigenvalue weighted by Gasteiger charge is -2.29. The second-order valence-corrected chi connectivity index (χ2v) is 8.78. The van der Waals surface area contributed by atoms with Gasteiger partial charge in [-0.3, -0.25) is 14.2 Å². The van der Waals surface area contributed by atoms with Crippen LogP contribution in [0.2, 0.25) is 0 Å². The molecule has 0 saturated heterocycles. The summed E-state index contributed by atoms with van der Waals surface area (Å²) in [6, 6.07) is 6.80. The van der Waals surface area contributed by atoms with E-state index in [4.69, 9.17) is 10.6 Å². The first-order valence-electron chi connectivity index (χ1n) is 9.73. The lowest BCUT2D eigenvalue weighted by molar-refractivity contribution is -0.178. The molecule has 9 nitrogen and oxygen atoms in total. The van der Waals surface area contributed by atoms with E-state index in [0.29, 0.717) is 22.4 Å². The van der Waals surface area contributed by atoms with Crippen LogP contribution < -0.4 is 17.1 Å². The Bertz CT molecular complexity index is 1120. The number of esters is 1. The van der Waals surface area contributed by atoms with Crippen molar-refractivity contribution in [3.8, 4) is 11.1 Å². The molecule has 1 unspecified atom stereocenters. The van der Waals surface area contributed by atoms with Crippen LogP contribution in [-0.4, -0.2) is 26.7 Å². The third kappa shape index (κ3) is 4.77. The molecule has 9 heteroatoms. The van der Waals surface area contributed by atoms with E-state index in [9.17, 15) is 19.2 Å². The van der Waals surface area contributed by atoms with Crippen molar-refractivity contribution in [2.24, 2.45) is 25.4 Å². The minimum Gasteiger partial charge on any atom is -0.459 e. The summed E-state index contributed by atoms with van der Waals surface area (Å²) in [4.78, 5) is 54.1. The van der Waals surface area contributed by atoms with Crippen LogP contribution in [0.5, 0.6) is 0 Å². The van der Waals surface area contributed by atoms with E-state index in [1.165, 1.54) is 18.5 Å². The van der Waals surface area contributed by atoms with Crippen molar-refractivity contribution in [2.75, 3.05) is 0 Å². The van der Waals surface area contributed by atoms with Gasteiger partial charge in [-0.05, 0) is 52.2 Å². The zero-order valence-electron chi connectivity index (χ0n) is 18.9. The molecular weight excluding hydrogens is 402 g/mol. The van der Waals surface area contributed by atoms with Gasteiger partial charge in [0.1, 0.15) is 5.60 Å². The molecule has 0 saturated carbocycles. The summed E-state index contributed by atoms with van der Waals surface area (Å²) in [6.45, 7) is 8.21. The van der Waals surface area contributed by atoms with Crippen molar-refractivity contribution in [3.05, 3.63) is 56.4 Å². The standard InChI is InChI=1S/C22H29N3O6/c1-13-16(17(26)25(7)20(29)24(13)6)15-10-8-14(9-11-15)12-22(5,19(28)31-23)18(27)30-21(2,3)4/h8-11H,12,23H2,1-7H3. The molecule has 0 radical (unpaired) electrons. The Morgan fingerprint density at radius 1 is 0.968 bits per heavy atom. The van der Waals surface area contributed by atoms with Crippen molar-refractivity contribution in [2.45, 2.75) is 46.6 Å². The molecule has 1 atom stereocenters. The van der Waals surface area contributed by atoms with E-state index < -0.39 is 34.2 Å². The fourth-order valence-electron chi connectivity index (χ4n) is 3.22. The molecule has 0 bridgehead atoms. The molecule has 0 aliphatic rings. The molecule has 1 aromatic heterocycles. The summed E-state index contributed by atoms with van der Waals surface area (Å²) in [5.74, 6) is 3.41. The van der Waals surface area contributed by atoms with E-state index in [-0.39, 0.29) is 6.42 Å². The van der Waals surface area contributed by atoms with Gasteiger partial charge in [0.05, 0.1) is 5.56 Å². The lowest BCUT2D eigenvalue weighted by Crippen LogP contribution is -2.44. The van der Waals surface area contributed by atoms with Gasteiger partial charge in [0.25, 0.3) is 5.56 Å². The molecule has 0 spiro atoms. The molecule has 1 aromatic carbocycles. The Hall–Kier alpha value is -3.20. The SMILES string of the molecule is Cc1c(-c2ccc(CC(C)(C(=O)ON)C(=O)OC(C)(C)C)cc2)c(=O)n(C)c(=O)n1C. The molecule has 0 amide bonds. The van der Waals surface area contributed by atoms with E-state index in [1.807, 2.05) is 0 Å². The normalized spacial score (nSPS) is 13.4. The first-order valence-corrected chi connectivity index (χ1v) is 9.73. The number of benzene rings is 1. The topological polar surface area (TPSA) is 123 Å². The van der Waals surface area contributed by atoms with E-state index in [0.717, 1.165) is 4.57 Å². The summed E-state index contributed by atoms with van der Waals surface area (Å²) < 4.78 is 7.84. The number of hydrogen-bond donors (Lipinski definition) is 1. The molecule has 2 rings (SSSR count). The van der Waals surface area contributed by atoms with Crippen LogP contribution in [0.1, 0.15) is 39.0 Å². The highest BCUT2D eigenvalue weighted by molar-refractivity contribution is 6.00. The molecule has 2 N–H and O–H groups in total. The first-order chi connectivity index (χ1) is 14.2. The van der Waals surface area contributed by atoms with Crippen LogP contribution in [0, 0.1) is 12.3 Å². The van der Waals surface area contributed by atoms with Crippen LogP contribution in [0.4, 0.5) is 0 Å². The Morgan fingerprint density at radius 2 is 1.52 bits per heavy atom. The minimum atomic E-state index is -1.65. The Labute approximate surface area is 180 Å². The average Bonchev–Trinajstić information content (AvgIpc) is 2.70. The largest absolute Gasteiger partial charge is 0.459 e. The summed E-state index contributed by atoms with van der Waals surface area (Å²) in [5.41, 5.74) is -1.07. The maximum atomic E-state index is 12.7. The van der Waals surface area contributed by atoms with Gasteiger partial charge in [-0.2, -0.15) is 5.90 Å². The van der Waals surface area contributed by atoms with E-state index >= 15 is 0 Å². The van der Waals surface area contributed by atoms with Crippen molar-refractivity contribution >= 4 is 11.9 Å². The Morgan fingerprint density at radius 3 is 2.00 bits per heavy atom. The molecule has 31 heavy (non-hydrogen) atoms. The van der Waals surface area contributed by atoms with Crippen LogP contribution in [0.15, 0.2) is 33.9 Å². The second kappa shape index (κ2) is 8.50. The Kier molecular flexibility index (Phi) is 6.60. The molecular formula is C22H29N3O6. The molecule has 0 fully saturated rings. The summed E-state index contributed by atoms with van der Waals surface area (Å²) in [6.07, 6.45) is -0.0114. The van der Waals surface area contributed by atoms with Gasteiger partial charge in [0.15, 0.2) is 5.41 Å². The van der Waals surface area contributed by atoms with Crippen LogP contribution >= 0.6 is 0 Å². The van der Waals surface area contributed by atoms with Gasteiger partial charge in [-0.25, -0.2) is 9.59 Å². The third-order valence-electron chi connectivity index (χ3n) is 5.16. The zero-order valence-corrected chi connectivity index (χ0v) is 18.9. The fourth-order valence-corrected chi connectivity index (χ4v) is 3.22.